The van der Waals surface area contributed by atoms with E-state index in [1.807, 2.05) is 30.3 Å². The fraction of sp³-hybridized carbons (Fsp3) is 0.250. The molecule has 4 nitrogen and oxygen atoms in total. The van der Waals surface area contributed by atoms with Gasteiger partial charge in [0.1, 0.15) is 0 Å². The summed E-state index contributed by atoms with van der Waals surface area (Å²) in [6.45, 7) is 0. The molecule has 1 rings (SSSR count). The maximum atomic E-state index is 9.62. The Labute approximate surface area is 80.8 Å². The molecule has 1 atom stereocenters. The lowest BCUT2D eigenvalue weighted by atomic mass is 10.3. The Bertz CT molecular complexity index is 252. The quantitative estimate of drug-likeness (QED) is 0.534. The first kappa shape index (κ1) is 12.1. The molecule has 2 N–H and O–H groups in total. The summed E-state index contributed by atoms with van der Waals surface area (Å²) in [7, 11) is 2.92. The van der Waals surface area contributed by atoms with E-state index in [-0.39, 0.29) is 0 Å². The van der Waals surface area contributed by atoms with Crippen molar-refractivity contribution in [3.05, 3.63) is 30.3 Å². The molecule has 0 fully saturated rings. The van der Waals surface area contributed by atoms with Crippen LogP contribution in [-0.2, 0) is 11.3 Å². The van der Waals surface area contributed by atoms with E-state index in [2.05, 4.69) is 0 Å². The number of benzene rings is 1. The third kappa shape index (κ3) is 7.45. The van der Waals surface area contributed by atoms with Gasteiger partial charge in [0.15, 0.2) is 0 Å². The van der Waals surface area contributed by atoms with Crippen molar-refractivity contribution in [3.8, 4) is 0 Å². The third-order valence-corrected chi connectivity index (χ3v) is 1.69. The van der Waals surface area contributed by atoms with E-state index in [1.165, 1.54) is 14.1 Å². The smallest absolute Gasteiger partial charge is 0.0313 e. The first-order valence-electron chi connectivity index (χ1n) is 3.61. The van der Waals surface area contributed by atoms with Gasteiger partial charge in [0.05, 0.1) is 0 Å². The van der Waals surface area contributed by atoms with E-state index in [0.717, 1.165) is 9.99 Å². The topological polar surface area (TPSA) is 69.4 Å². The fourth-order valence-electron chi connectivity index (χ4n) is 0.453. The molecule has 0 saturated carbocycles. The molecule has 5 heteroatoms. The van der Waals surface area contributed by atoms with Crippen LogP contribution in [0.15, 0.2) is 30.3 Å². The first-order chi connectivity index (χ1) is 6.04. The third-order valence-electron chi connectivity index (χ3n) is 1.10. The van der Waals surface area contributed by atoms with Crippen LogP contribution in [0.1, 0.15) is 0 Å². The first-order valence-corrected chi connectivity index (χ1v) is 4.64. The predicted octanol–water partition coefficient (Wildman–Crippen LogP) is 0.611. The van der Waals surface area contributed by atoms with Crippen molar-refractivity contribution in [1.29, 1.82) is 0 Å². The van der Waals surface area contributed by atoms with Crippen molar-refractivity contribution in [3.63, 3.8) is 0 Å². The zero-order chi connectivity index (χ0) is 10.3. The second-order valence-corrected chi connectivity index (χ2v) is 3.60. The van der Waals surface area contributed by atoms with Crippen LogP contribution in [0.2, 0.25) is 0 Å². The molecule has 0 bridgehead atoms. The molecule has 0 amide bonds. The van der Waals surface area contributed by atoms with Crippen molar-refractivity contribution in [2.75, 3.05) is 19.8 Å². The average Bonchev–Trinajstić information content (AvgIpc) is 2.06. The van der Waals surface area contributed by atoms with Crippen LogP contribution in [0.3, 0.4) is 0 Å². The Kier molecular flexibility index (Phi) is 6.13. The number of nitrogens with zero attached hydrogens (tertiary/aromatic N) is 1. The SMILES string of the molecule is CN(C)S(=O)[O-].Nc1ccccc1. The fourth-order valence-corrected chi connectivity index (χ4v) is 0.453. The van der Waals surface area contributed by atoms with Crippen molar-refractivity contribution >= 4 is 17.0 Å². The molecule has 0 aliphatic heterocycles. The summed E-state index contributed by atoms with van der Waals surface area (Å²) in [5.74, 6) is 0. The minimum absolute atomic E-state index is 0.822. The summed E-state index contributed by atoms with van der Waals surface area (Å²) in [4.78, 5) is 0. The lowest BCUT2D eigenvalue weighted by Crippen LogP contribution is -2.13. The predicted molar refractivity (Wildman–Crippen MR) is 53.5 cm³/mol. The lowest BCUT2D eigenvalue weighted by molar-refractivity contribution is 0.470. The van der Waals surface area contributed by atoms with Gasteiger partial charge in [-0.3, -0.25) is 4.21 Å². The maximum Gasteiger partial charge on any atom is 0.0313 e. The largest absolute Gasteiger partial charge is 0.760 e. The summed E-state index contributed by atoms with van der Waals surface area (Å²) >= 11 is -2.03. The summed E-state index contributed by atoms with van der Waals surface area (Å²) in [5, 5.41) is 0. The van der Waals surface area contributed by atoms with E-state index < -0.39 is 11.3 Å². The molecule has 0 aliphatic rings. The highest BCUT2D eigenvalue weighted by atomic mass is 32.2. The highest BCUT2D eigenvalue weighted by Gasteiger charge is 1.78. The van der Waals surface area contributed by atoms with Gasteiger partial charge in [0.2, 0.25) is 0 Å². The maximum absolute atomic E-state index is 9.62. The molecule has 0 aromatic heterocycles. The standard InChI is InChI=1S/C6H7N.C2H7NO2S/c7-6-4-2-1-3-5-6;1-3(2)6(4)5/h1-5H,7H2;1-2H3,(H,4,5)/p-1. The summed E-state index contributed by atoms with van der Waals surface area (Å²) in [6.07, 6.45) is 0. The molecule has 0 spiro atoms. The monoisotopic (exact) mass is 201 g/mol. The van der Waals surface area contributed by atoms with Crippen LogP contribution in [0.4, 0.5) is 5.69 Å². The van der Waals surface area contributed by atoms with Crippen molar-refractivity contribution in [1.82, 2.24) is 4.31 Å². The van der Waals surface area contributed by atoms with Gasteiger partial charge in [0.25, 0.3) is 0 Å². The van der Waals surface area contributed by atoms with Gasteiger partial charge < -0.3 is 10.3 Å². The molecule has 1 aromatic rings. The van der Waals surface area contributed by atoms with Crippen LogP contribution in [0.5, 0.6) is 0 Å². The van der Waals surface area contributed by atoms with Gasteiger partial charge in [-0.15, -0.1) is 0 Å². The number of para-hydroxylation sites is 1. The molecule has 13 heavy (non-hydrogen) atoms. The van der Waals surface area contributed by atoms with Gasteiger partial charge in [-0.25, -0.2) is 4.31 Å². The Morgan fingerprint density at radius 1 is 1.31 bits per heavy atom. The Balaban J connectivity index is 0.000000226. The average molecular weight is 201 g/mol. The summed E-state index contributed by atoms with van der Waals surface area (Å²) < 4.78 is 20.3. The number of nitrogens with two attached hydrogens (primary N) is 1. The molecule has 0 heterocycles. The highest BCUT2D eigenvalue weighted by Crippen LogP contribution is 1.95. The minimum Gasteiger partial charge on any atom is -0.760 e. The molecular formula is C8H13N2O2S-. The van der Waals surface area contributed by atoms with Crippen molar-refractivity contribution < 1.29 is 8.76 Å². The second-order valence-electron chi connectivity index (χ2n) is 2.44. The minimum atomic E-state index is -2.03. The molecule has 0 saturated heterocycles. The number of hydrogen-bond acceptors (Lipinski definition) is 3. The molecule has 0 radical (unpaired) electrons. The molecule has 74 valence electrons. The van der Waals surface area contributed by atoms with E-state index >= 15 is 0 Å². The molecule has 0 aliphatic carbocycles. The summed E-state index contributed by atoms with van der Waals surface area (Å²) in [6, 6.07) is 9.49. The van der Waals surface area contributed by atoms with Crippen LogP contribution in [-0.4, -0.2) is 27.2 Å². The number of rotatable bonds is 1. The Morgan fingerprint density at radius 2 is 1.69 bits per heavy atom. The highest BCUT2D eigenvalue weighted by molar-refractivity contribution is 7.76. The molecule has 1 aromatic carbocycles. The van der Waals surface area contributed by atoms with Crippen LogP contribution in [0.25, 0.3) is 0 Å². The van der Waals surface area contributed by atoms with Gasteiger partial charge in [0, 0.05) is 17.0 Å². The van der Waals surface area contributed by atoms with E-state index in [1.54, 1.807) is 0 Å². The zero-order valence-electron chi connectivity index (χ0n) is 7.64. The van der Waals surface area contributed by atoms with Gasteiger partial charge >= 0.3 is 0 Å². The van der Waals surface area contributed by atoms with Crippen molar-refractivity contribution in [2.45, 2.75) is 0 Å². The van der Waals surface area contributed by atoms with Gasteiger partial charge in [-0.1, -0.05) is 18.2 Å². The Morgan fingerprint density at radius 3 is 1.85 bits per heavy atom. The number of nitrogen functional groups attached to an aromatic ring is 1. The van der Waals surface area contributed by atoms with Gasteiger partial charge in [-0.05, 0) is 26.2 Å². The second kappa shape index (κ2) is 6.59. The normalized spacial score (nSPS) is 11.7. The molecule has 1 unspecified atom stereocenters. The number of anilines is 1. The summed E-state index contributed by atoms with van der Waals surface area (Å²) in [5.41, 5.74) is 6.18. The van der Waals surface area contributed by atoms with Crippen LogP contribution in [0, 0.1) is 0 Å². The van der Waals surface area contributed by atoms with E-state index in [0.29, 0.717) is 0 Å². The van der Waals surface area contributed by atoms with E-state index in [4.69, 9.17) is 5.73 Å². The van der Waals surface area contributed by atoms with E-state index in [9.17, 15) is 8.76 Å². The van der Waals surface area contributed by atoms with Crippen molar-refractivity contribution in [2.24, 2.45) is 0 Å². The van der Waals surface area contributed by atoms with Crippen LogP contribution >= 0.6 is 0 Å². The lowest BCUT2D eigenvalue weighted by Gasteiger charge is -2.10. The zero-order valence-corrected chi connectivity index (χ0v) is 8.45. The number of hydrogen-bond donors (Lipinski definition) is 1. The van der Waals surface area contributed by atoms with Crippen LogP contribution < -0.4 is 5.73 Å². The molecular weight excluding hydrogens is 188 g/mol. The van der Waals surface area contributed by atoms with Gasteiger partial charge in [-0.2, -0.15) is 0 Å². The Hall–Kier alpha value is -0.910.